The van der Waals surface area contributed by atoms with Gasteiger partial charge in [0.25, 0.3) is 0 Å². The number of aryl methyl sites for hydroxylation is 1. The minimum Gasteiger partial charge on any atom is -0.494 e. The predicted octanol–water partition coefficient (Wildman–Crippen LogP) is 3.54. The van der Waals surface area contributed by atoms with Gasteiger partial charge in [0.2, 0.25) is 0 Å². The molecular weight excluding hydrogens is 279 g/mol. The van der Waals surface area contributed by atoms with Crippen molar-refractivity contribution in [1.29, 1.82) is 0 Å². The van der Waals surface area contributed by atoms with Gasteiger partial charge in [-0.15, -0.1) is 11.6 Å². The van der Waals surface area contributed by atoms with Gasteiger partial charge in [0.05, 0.1) is 6.61 Å². The van der Waals surface area contributed by atoms with Gasteiger partial charge in [0.15, 0.2) is 10.1 Å². The Morgan fingerprint density at radius 3 is 2.73 bits per heavy atom. The molecule has 0 aliphatic carbocycles. The molecule has 0 heterocycles. The number of Topliss-reactive ketones (excluding diaryl/α,β-unsaturated/α-hetero) is 1. The maximum atomic E-state index is 11.5. The minimum atomic E-state index is -0.671. The van der Waals surface area contributed by atoms with Crippen molar-refractivity contribution in [1.82, 2.24) is 0 Å². The molecular formula is C11H12BrClO2. The fraction of sp³-hybridized carbons (Fsp3) is 0.364. The maximum absolute atomic E-state index is 11.5. The van der Waals surface area contributed by atoms with Crippen LogP contribution in [0.15, 0.2) is 18.2 Å². The van der Waals surface area contributed by atoms with Gasteiger partial charge >= 0.3 is 0 Å². The Morgan fingerprint density at radius 1 is 1.60 bits per heavy atom. The van der Waals surface area contributed by atoms with Gasteiger partial charge in [0.1, 0.15) is 5.75 Å². The summed E-state index contributed by atoms with van der Waals surface area (Å²) in [5.74, 6) is 0.664. The number of hydrogen-bond donors (Lipinski definition) is 0. The summed E-state index contributed by atoms with van der Waals surface area (Å²) in [6, 6.07) is 5.29. The lowest BCUT2D eigenvalue weighted by atomic mass is 10.1. The van der Waals surface area contributed by atoms with Crippen LogP contribution in [-0.2, 0) is 0 Å². The number of carbonyl (C=O) groups is 1. The van der Waals surface area contributed by atoms with Crippen molar-refractivity contribution in [3.8, 4) is 5.75 Å². The topological polar surface area (TPSA) is 26.3 Å². The number of benzene rings is 1. The number of halogens is 2. The number of ether oxygens (including phenoxy) is 1. The van der Waals surface area contributed by atoms with Crippen molar-refractivity contribution >= 4 is 33.3 Å². The molecule has 1 aromatic carbocycles. The lowest BCUT2D eigenvalue weighted by Gasteiger charge is -2.08. The largest absolute Gasteiger partial charge is 0.494 e. The molecule has 2 nitrogen and oxygen atoms in total. The molecule has 0 N–H and O–H groups in total. The molecule has 0 aliphatic heterocycles. The van der Waals surface area contributed by atoms with Crippen LogP contribution in [0.3, 0.4) is 0 Å². The maximum Gasteiger partial charge on any atom is 0.191 e. The van der Waals surface area contributed by atoms with E-state index in [0.717, 1.165) is 11.3 Å². The predicted molar refractivity (Wildman–Crippen MR) is 65.2 cm³/mol. The Morgan fingerprint density at radius 2 is 2.27 bits per heavy atom. The zero-order valence-corrected chi connectivity index (χ0v) is 10.9. The van der Waals surface area contributed by atoms with Gasteiger partial charge in [-0.2, -0.15) is 0 Å². The fourth-order valence-corrected chi connectivity index (χ4v) is 1.64. The number of ketones is 1. The van der Waals surface area contributed by atoms with E-state index in [1.165, 1.54) is 0 Å². The first-order valence-electron chi connectivity index (χ1n) is 4.62. The third-order valence-corrected chi connectivity index (χ3v) is 2.57. The normalized spacial score (nSPS) is 12.3. The van der Waals surface area contributed by atoms with E-state index in [2.05, 4.69) is 15.9 Å². The van der Waals surface area contributed by atoms with Crippen LogP contribution in [0.5, 0.6) is 5.75 Å². The molecule has 0 saturated heterocycles. The number of hydrogen-bond acceptors (Lipinski definition) is 2. The van der Waals surface area contributed by atoms with Crippen LogP contribution < -0.4 is 4.74 Å². The summed E-state index contributed by atoms with van der Waals surface area (Å²) < 4.78 is 4.70. The van der Waals surface area contributed by atoms with Gasteiger partial charge in [0, 0.05) is 5.56 Å². The monoisotopic (exact) mass is 290 g/mol. The van der Waals surface area contributed by atoms with Crippen molar-refractivity contribution in [3.05, 3.63) is 29.3 Å². The summed E-state index contributed by atoms with van der Waals surface area (Å²) in [6.45, 7) is 4.44. The molecule has 0 aliphatic rings. The molecule has 1 unspecified atom stereocenters. The average Bonchev–Trinajstić information content (AvgIpc) is 2.20. The molecule has 1 atom stereocenters. The Labute approximate surface area is 103 Å². The van der Waals surface area contributed by atoms with E-state index in [0.29, 0.717) is 12.2 Å². The lowest BCUT2D eigenvalue weighted by molar-refractivity contribution is 0.101. The van der Waals surface area contributed by atoms with E-state index in [1.807, 2.05) is 13.8 Å². The first kappa shape index (κ1) is 12.5. The second-order valence-electron chi connectivity index (χ2n) is 3.08. The van der Waals surface area contributed by atoms with E-state index in [9.17, 15) is 4.79 Å². The van der Waals surface area contributed by atoms with Crippen LogP contribution in [0.1, 0.15) is 22.8 Å². The van der Waals surface area contributed by atoms with Crippen LogP contribution in [0.25, 0.3) is 0 Å². The highest BCUT2D eigenvalue weighted by atomic mass is 79.9. The van der Waals surface area contributed by atoms with Gasteiger partial charge < -0.3 is 4.74 Å². The minimum absolute atomic E-state index is 0.136. The van der Waals surface area contributed by atoms with Gasteiger partial charge in [-0.3, -0.25) is 4.79 Å². The van der Waals surface area contributed by atoms with Crippen molar-refractivity contribution < 1.29 is 9.53 Å². The Bertz CT molecular complexity index is 364. The lowest BCUT2D eigenvalue weighted by Crippen LogP contribution is -2.08. The standard InChI is InChI=1S/C11H12BrClO2/c1-3-15-9-5-4-8(6-7(9)2)10(14)11(12)13/h4-6,11H,3H2,1-2H3. The summed E-state index contributed by atoms with van der Waals surface area (Å²) in [7, 11) is 0. The molecule has 0 saturated carbocycles. The van der Waals surface area contributed by atoms with Crippen molar-refractivity contribution in [3.63, 3.8) is 0 Å². The third kappa shape index (κ3) is 3.21. The molecule has 0 bridgehead atoms. The molecule has 82 valence electrons. The number of alkyl halides is 2. The fourth-order valence-electron chi connectivity index (χ4n) is 1.25. The molecule has 0 fully saturated rings. The zero-order valence-electron chi connectivity index (χ0n) is 8.59. The van der Waals surface area contributed by atoms with Crippen molar-refractivity contribution in [2.75, 3.05) is 6.61 Å². The second-order valence-corrected chi connectivity index (χ2v) is 4.96. The van der Waals surface area contributed by atoms with Crippen molar-refractivity contribution in [2.45, 2.75) is 18.1 Å². The molecule has 0 aromatic heterocycles. The van der Waals surface area contributed by atoms with Crippen LogP contribution >= 0.6 is 27.5 Å². The number of carbonyl (C=O) groups excluding carboxylic acids is 1. The van der Waals surface area contributed by atoms with Gasteiger partial charge in [-0.05, 0) is 37.6 Å². The Hall–Kier alpha value is -0.540. The number of rotatable bonds is 4. The highest BCUT2D eigenvalue weighted by Gasteiger charge is 2.14. The Balaban J connectivity index is 2.96. The van der Waals surface area contributed by atoms with Crippen molar-refractivity contribution in [2.24, 2.45) is 0 Å². The van der Waals surface area contributed by atoms with Crippen LogP contribution in [0, 0.1) is 6.92 Å². The Kier molecular flexibility index (Phi) is 4.61. The molecule has 15 heavy (non-hydrogen) atoms. The molecule has 0 spiro atoms. The molecule has 4 heteroatoms. The van der Waals surface area contributed by atoms with Crippen LogP contribution in [-0.4, -0.2) is 16.7 Å². The molecule has 1 rings (SSSR count). The van der Waals surface area contributed by atoms with E-state index in [4.69, 9.17) is 16.3 Å². The molecule has 1 aromatic rings. The summed E-state index contributed by atoms with van der Waals surface area (Å²) in [5, 5.41) is 0. The van der Waals surface area contributed by atoms with E-state index in [-0.39, 0.29) is 5.78 Å². The first-order valence-corrected chi connectivity index (χ1v) is 5.97. The summed E-state index contributed by atoms with van der Waals surface area (Å²) in [5.41, 5.74) is 1.53. The smallest absolute Gasteiger partial charge is 0.191 e. The average molecular weight is 292 g/mol. The first-order chi connectivity index (χ1) is 7.06. The van der Waals surface area contributed by atoms with E-state index in [1.54, 1.807) is 18.2 Å². The van der Waals surface area contributed by atoms with Crippen LogP contribution in [0.2, 0.25) is 0 Å². The highest BCUT2D eigenvalue weighted by Crippen LogP contribution is 2.21. The summed E-state index contributed by atoms with van der Waals surface area (Å²) in [4.78, 5) is 11.5. The van der Waals surface area contributed by atoms with E-state index < -0.39 is 4.29 Å². The third-order valence-electron chi connectivity index (χ3n) is 1.96. The molecule has 0 amide bonds. The van der Waals surface area contributed by atoms with Gasteiger partial charge in [-0.25, -0.2) is 0 Å². The second kappa shape index (κ2) is 5.52. The highest BCUT2D eigenvalue weighted by molar-refractivity contribution is 9.10. The quantitative estimate of drug-likeness (QED) is 0.626. The van der Waals surface area contributed by atoms with Gasteiger partial charge in [-0.1, -0.05) is 15.9 Å². The van der Waals surface area contributed by atoms with Crippen LogP contribution in [0.4, 0.5) is 0 Å². The SMILES string of the molecule is CCOc1ccc(C(=O)C(Cl)Br)cc1C. The molecule has 0 radical (unpaired) electrons. The zero-order chi connectivity index (χ0) is 11.4. The summed E-state index contributed by atoms with van der Waals surface area (Å²) >= 11 is 8.69. The van der Waals surface area contributed by atoms with E-state index >= 15 is 0 Å². The summed E-state index contributed by atoms with van der Waals surface area (Å²) in [6.07, 6.45) is 0.